The van der Waals surface area contributed by atoms with Crippen molar-refractivity contribution >= 4 is 23.3 Å². The molecule has 1 fully saturated rings. The predicted molar refractivity (Wildman–Crippen MR) is 101 cm³/mol. The number of carbonyl (C=O) groups is 2. The third kappa shape index (κ3) is 4.05. The molecule has 1 saturated heterocycles. The first-order valence-corrected chi connectivity index (χ1v) is 8.41. The second-order valence-electron chi connectivity index (χ2n) is 6.05. The van der Waals surface area contributed by atoms with Crippen LogP contribution in [0.25, 0.3) is 0 Å². The summed E-state index contributed by atoms with van der Waals surface area (Å²) in [7, 11) is 1.65. The molecule has 0 radical (unpaired) electrons. The van der Waals surface area contributed by atoms with Gasteiger partial charge in [-0.15, -0.1) is 0 Å². The number of amides is 3. The van der Waals surface area contributed by atoms with Gasteiger partial charge in [-0.05, 0) is 42.5 Å². The summed E-state index contributed by atoms with van der Waals surface area (Å²) in [4.78, 5) is 27.7. The largest absolute Gasteiger partial charge is 0.497 e. The first-order valence-electron chi connectivity index (χ1n) is 8.41. The van der Waals surface area contributed by atoms with E-state index in [1.54, 1.807) is 31.4 Å². The zero-order valence-corrected chi connectivity index (χ0v) is 14.6. The topological polar surface area (TPSA) is 87.9 Å². The highest BCUT2D eigenvalue weighted by Gasteiger charge is 2.22. The maximum absolute atomic E-state index is 12.7. The van der Waals surface area contributed by atoms with Crippen molar-refractivity contribution in [3.63, 3.8) is 0 Å². The summed E-state index contributed by atoms with van der Waals surface area (Å²) in [6.07, 6.45) is 0. The maximum atomic E-state index is 12.7. The van der Waals surface area contributed by atoms with Crippen LogP contribution in [-0.4, -0.2) is 50.1 Å². The van der Waals surface area contributed by atoms with Gasteiger partial charge in [0.1, 0.15) is 5.75 Å². The molecule has 1 aliphatic rings. The van der Waals surface area contributed by atoms with Crippen LogP contribution in [0.4, 0.5) is 16.2 Å². The van der Waals surface area contributed by atoms with Crippen LogP contribution in [0.3, 0.4) is 0 Å². The van der Waals surface area contributed by atoms with E-state index in [2.05, 4.69) is 10.2 Å². The molecule has 0 saturated carbocycles. The van der Waals surface area contributed by atoms with Gasteiger partial charge in [0.05, 0.1) is 7.11 Å². The second-order valence-corrected chi connectivity index (χ2v) is 6.05. The smallest absolute Gasteiger partial charge is 0.316 e. The highest BCUT2D eigenvalue weighted by atomic mass is 16.5. The number of nitrogens with two attached hydrogens (primary N) is 1. The molecule has 3 amide bonds. The number of nitrogens with one attached hydrogen (secondary N) is 1. The number of piperazine rings is 1. The van der Waals surface area contributed by atoms with Gasteiger partial charge in [0.2, 0.25) is 0 Å². The van der Waals surface area contributed by atoms with Crippen molar-refractivity contribution in [2.75, 3.05) is 43.5 Å². The summed E-state index contributed by atoms with van der Waals surface area (Å²) in [5.74, 6) is 0.777. The number of benzene rings is 2. The molecule has 1 aliphatic heterocycles. The van der Waals surface area contributed by atoms with Crippen molar-refractivity contribution in [1.82, 2.24) is 4.90 Å². The van der Waals surface area contributed by atoms with E-state index < -0.39 is 6.03 Å². The number of hydrogen-bond donors (Lipinski definition) is 2. The number of methoxy groups -OCH3 is 1. The van der Waals surface area contributed by atoms with Crippen LogP contribution in [0.5, 0.6) is 5.75 Å². The minimum Gasteiger partial charge on any atom is -0.497 e. The number of rotatable bonds is 4. The quantitative estimate of drug-likeness (QED) is 0.881. The van der Waals surface area contributed by atoms with E-state index >= 15 is 0 Å². The van der Waals surface area contributed by atoms with Gasteiger partial charge >= 0.3 is 6.03 Å². The molecule has 2 aromatic rings. The molecule has 7 heteroatoms. The summed E-state index contributed by atoms with van der Waals surface area (Å²) in [5, 5.41) is 2.49. The monoisotopic (exact) mass is 354 g/mol. The summed E-state index contributed by atoms with van der Waals surface area (Å²) in [5.41, 5.74) is 7.29. The van der Waals surface area contributed by atoms with Crippen molar-refractivity contribution in [2.45, 2.75) is 0 Å². The van der Waals surface area contributed by atoms with Crippen LogP contribution in [0, 0.1) is 0 Å². The lowest BCUT2D eigenvalue weighted by atomic mass is 10.1. The molecule has 0 aliphatic carbocycles. The number of primary amides is 1. The highest BCUT2D eigenvalue weighted by Crippen LogP contribution is 2.21. The van der Waals surface area contributed by atoms with E-state index in [1.165, 1.54) is 0 Å². The zero-order valence-electron chi connectivity index (χ0n) is 14.6. The van der Waals surface area contributed by atoms with Gasteiger partial charge in [-0.25, -0.2) is 4.79 Å². The van der Waals surface area contributed by atoms with Crippen molar-refractivity contribution in [3.05, 3.63) is 54.1 Å². The lowest BCUT2D eigenvalue weighted by Gasteiger charge is -2.36. The Morgan fingerprint density at radius 2 is 1.73 bits per heavy atom. The number of anilines is 2. The standard InChI is InChI=1S/C19H22N4O3/c1-26-17-7-5-16(6-8-17)22-9-11-23(12-10-22)18(24)14-3-2-4-15(13-14)21-19(20)25/h2-8,13H,9-12H2,1H3,(H3,20,21,25). The van der Waals surface area contributed by atoms with Crippen LogP contribution in [0.2, 0.25) is 0 Å². The summed E-state index contributed by atoms with van der Waals surface area (Å²) >= 11 is 0. The number of hydrogen-bond acceptors (Lipinski definition) is 4. The average Bonchev–Trinajstić information content (AvgIpc) is 2.67. The van der Waals surface area contributed by atoms with Crippen LogP contribution < -0.4 is 20.7 Å². The van der Waals surface area contributed by atoms with E-state index in [-0.39, 0.29) is 5.91 Å². The van der Waals surface area contributed by atoms with Gasteiger partial charge in [0.15, 0.2) is 0 Å². The van der Waals surface area contributed by atoms with E-state index in [4.69, 9.17) is 10.5 Å². The number of ether oxygens (including phenoxy) is 1. The number of nitrogens with zero attached hydrogens (tertiary/aromatic N) is 2. The molecule has 3 N–H and O–H groups in total. The molecule has 0 unspecified atom stereocenters. The second kappa shape index (κ2) is 7.77. The normalized spacial score (nSPS) is 14.0. The third-order valence-corrected chi connectivity index (χ3v) is 4.38. The van der Waals surface area contributed by atoms with E-state index in [9.17, 15) is 9.59 Å². The van der Waals surface area contributed by atoms with Gasteiger partial charge < -0.3 is 25.6 Å². The number of urea groups is 1. The molecular formula is C19H22N4O3. The van der Waals surface area contributed by atoms with Gasteiger partial charge in [-0.3, -0.25) is 4.79 Å². The SMILES string of the molecule is COc1ccc(N2CCN(C(=O)c3cccc(NC(N)=O)c3)CC2)cc1. The lowest BCUT2D eigenvalue weighted by Crippen LogP contribution is -2.48. The van der Waals surface area contributed by atoms with Crippen molar-refractivity contribution in [2.24, 2.45) is 5.73 Å². The van der Waals surface area contributed by atoms with Gasteiger partial charge in [0.25, 0.3) is 5.91 Å². The Morgan fingerprint density at radius 3 is 2.35 bits per heavy atom. The van der Waals surface area contributed by atoms with Crippen LogP contribution in [-0.2, 0) is 0 Å². The van der Waals surface area contributed by atoms with Crippen molar-refractivity contribution in [3.8, 4) is 5.75 Å². The lowest BCUT2D eigenvalue weighted by molar-refractivity contribution is 0.0747. The first kappa shape index (κ1) is 17.6. The highest BCUT2D eigenvalue weighted by molar-refractivity contribution is 5.96. The Balaban J connectivity index is 1.62. The van der Waals surface area contributed by atoms with Crippen molar-refractivity contribution in [1.29, 1.82) is 0 Å². The van der Waals surface area contributed by atoms with Gasteiger partial charge in [0, 0.05) is 43.1 Å². The number of carbonyl (C=O) groups excluding carboxylic acids is 2. The average molecular weight is 354 g/mol. The molecule has 0 bridgehead atoms. The van der Waals surface area contributed by atoms with E-state index in [0.29, 0.717) is 24.3 Å². The van der Waals surface area contributed by atoms with E-state index in [1.807, 2.05) is 29.2 Å². The van der Waals surface area contributed by atoms with Crippen LogP contribution in [0.1, 0.15) is 10.4 Å². The fourth-order valence-electron chi connectivity index (χ4n) is 3.02. The zero-order chi connectivity index (χ0) is 18.5. The van der Waals surface area contributed by atoms with E-state index in [0.717, 1.165) is 24.5 Å². The Labute approximate surface area is 152 Å². The molecule has 3 rings (SSSR count). The molecule has 1 heterocycles. The van der Waals surface area contributed by atoms with Crippen LogP contribution in [0.15, 0.2) is 48.5 Å². The molecular weight excluding hydrogens is 332 g/mol. The predicted octanol–water partition coefficient (Wildman–Crippen LogP) is 2.15. The molecule has 0 spiro atoms. The molecule has 2 aromatic carbocycles. The Hall–Kier alpha value is -3.22. The molecule has 0 aromatic heterocycles. The minimum absolute atomic E-state index is 0.0486. The third-order valence-electron chi connectivity index (χ3n) is 4.38. The summed E-state index contributed by atoms with van der Waals surface area (Å²) in [6, 6.07) is 14.1. The summed E-state index contributed by atoms with van der Waals surface area (Å²) in [6.45, 7) is 2.80. The Bertz CT molecular complexity index is 784. The Kier molecular flexibility index (Phi) is 5.26. The van der Waals surface area contributed by atoms with Gasteiger partial charge in [-0.2, -0.15) is 0 Å². The Morgan fingerprint density at radius 1 is 1.04 bits per heavy atom. The van der Waals surface area contributed by atoms with Crippen molar-refractivity contribution < 1.29 is 14.3 Å². The molecule has 0 atom stereocenters. The molecule has 7 nitrogen and oxygen atoms in total. The maximum Gasteiger partial charge on any atom is 0.316 e. The molecule has 136 valence electrons. The fourth-order valence-corrected chi connectivity index (χ4v) is 3.02. The minimum atomic E-state index is -0.650. The summed E-state index contributed by atoms with van der Waals surface area (Å²) < 4.78 is 5.18. The first-order chi connectivity index (χ1) is 12.6. The van der Waals surface area contributed by atoms with Crippen LogP contribution >= 0.6 is 0 Å². The fraction of sp³-hybridized carbons (Fsp3) is 0.263. The molecule has 26 heavy (non-hydrogen) atoms. The van der Waals surface area contributed by atoms with Gasteiger partial charge in [-0.1, -0.05) is 6.07 Å².